The average molecular weight is 795 g/mol. The molecule has 0 fully saturated rings. The van der Waals surface area contributed by atoms with Crippen LogP contribution in [0.15, 0.2) is 231 Å². The van der Waals surface area contributed by atoms with E-state index in [4.69, 9.17) is 0 Å². The van der Waals surface area contributed by atoms with E-state index in [1.165, 1.54) is 97.5 Å². The van der Waals surface area contributed by atoms with Gasteiger partial charge in [0.05, 0.1) is 32.8 Å². The van der Waals surface area contributed by atoms with Crippen LogP contribution >= 0.6 is 11.3 Å². The lowest BCUT2D eigenvalue weighted by Crippen LogP contribution is -2.11. The molecular formula is C58H38N2S. The highest BCUT2D eigenvalue weighted by Gasteiger charge is 2.22. The molecule has 0 amide bonds. The Morgan fingerprint density at radius 2 is 0.902 bits per heavy atom. The van der Waals surface area contributed by atoms with E-state index < -0.39 is 0 Å². The minimum Gasteiger partial charge on any atom is -0.309 e. The SMILES string of the molecule is c1cc(-c2ccc(N(c3ccccc3-c3cccc4ccccc34)c3cccc4c3sc3ccccc34)cc2)cc(-c2ccccc2-n2c3ccccc3c3ccccc32)c1. The molecule has 0 N–H and O–H groups in total. The molecule has 0 saturated carbocycles. The minimum absolute atomic E-state index is 1.11. The first-order valence-corrected chi connectivity index (χ1v) is 21.7. The Bertz CT molecular complexity index is 3550. The maximum atomic E-state index is 2.47. The summed E-state index contributed by atoms with van der Waals surface area (Å²) in [4.78, 5) is 2.47. The largest absolute Gasteiger partial charge is 0.309 e. The third kappa shape index (κ3) is 5.85. The minimum atomic E-state index is 1.11. The number of fused-ring (bicyclic) bond motifs is 7. The number of anilines is 3. The zero-order chi connectivity index (χ0) is 40.3. The molecule has 3 heteroatoms. The first-order chi connectivity index (χ1) is 30.3. The number of para-hydroxylation sites is 4. The summed E-state index contributed by atoms with van der Waals surface area (Å²) >= 11 is 1.87. The highest BCUT2D eigenvalue weighted by atomic mass is 32.1. The van der Waals surface area contributed by atoms with E-state index in [1.807, 2.05) is 11.3 Å². The van der Waals surface area contributed by atoms with Crippen molar-refractivity contribution in [1.29, 1.82) is 0 Å². The van der Waals surface area contributed by atoms with Crippen LogP contribution in [0.5, 0.6) is 0 Å². The molecular weight excluding hydrogens is 757 g/mol. The molecule has 0 aliphatic carbocycles. The second-order valence-electron chi connectivity index (χ2n) is 15.6. The van der Waals surface area contributed by atoms with Crippen LogP contribution in [0.3, 0.4) is 0 Å². The highest BCUT2D eigenvalue weighted by molar-refractivity contribution is 7.26. The Hall–Kier alpha value is -7.72. The summed E-state index contributed by atoms with van der Waals surface area (Å²) < 4.78 is 4.99. The van der Waals surface area contributed by atoms with Gasteiger partial charge < -0.3 is 9.47 Å². The number of benzene rings is 10. The van der Waals surface area contributed by atoms with Gasteiger partial charge in [0.2, 0.25) is 0 Å². The molecule has 12 rings (SSSR count). The zero-order valence-electron chi connectivity index (χ0n) is 33.2. The highest BCUT2D eigenvalue weighted by Crippen LogP contribution is 2.48. The fourth-order valence-corrected chi connectivity index (χ4v) is 10.6. The zero-order valence-corrected chi connectivity index (χ0v) is 34.1. The number of nitrogens with zero attached hydrogens (tertiary/aromatic N) is 2. The van der Waals surface area contributed by atoms with Gasteiger partial charge in [0.25, 0.3) is 0 Å². The van der Waals surface area contributed by atoms with Gasteiger partial charge in [0.1, 0.15) is 0 Å². The van der Waals surface area contributed by atoms with Crippen molar-refractivity contribution in [2.24, 2.45) is 0 Å². The molecule has 0 radical (unpaired) electrons. The van der Waals surface area contributed by atoms with Crippen LogP contribution < -0.4 is 4.90 Å². The lowest BCUT2D eigenvalue weighted by Gasteiger charge is -2.29. The van der Waals surface area contributed by atoms with Gasteiger partial charge in [0.15, 0.2) is 0 Å². The van der Waals surface area contributed by atoms with Crippen LogP contribution in [0.2, 0.25) is 0 Å². The molecule has 0 spiro atoms. The lowest BCUT2D eigenvalue weighted by atomic mass is 9.95. The summed E-state index contributed by atoms with van der Waals surface area (Å²) in [6, 6.07) is 84.1. The summed E-state index contributed by atoms with van der Waals surface area (Å²) in [6.45, 7) is 0. The van der Waals surface area contributed by atoms with E-state index in [-0.39, 0.29) is 0 Å². The molecule has 2 nitrogen and oxygen atoms in total. The summed E-state index contributed by atoms with van der Waals surface area (Å²) in [5.41, 5.74) is 14.1. The third-order valence-electron chi connectivity index (χ3n) is 12.2. The van der Waals surface area contributed by atoms with Gasteiger partial charge in [-0.05, 0) is 87.6 Å². The first-order valence-electron chi connectivity index (χ1n) is 20.8. The van der Waals surface area contributed by atoms with E-state index in [9.17, 15) is 0 Å². The Morgan fingerprint density at radius 3 is 1.72 bits per heavy atom. The van der Waals surface area contributed by atoms with Crippen molar-refractivity contribution in [3.05, 3.63) is 231 Å². The van der Waals surface area contributed by atoms with Crippen molar-refractivity contribution in [3.63, 3.8) is 0 Å². The molecule has 286 valence electrons. The molecule has 0 aliphatic rings. The number of aromatic nitrogens is 1. The van der Waals surface area contributed by atoms with E-state index in [1.54, 1.807) is 0 Å². The predicted molar refractivity (Wildman–Crippen MR) is 262 cm³/mol. The van der Waals surface area contributed by atoms with Crippen LogP contribution in [0.4, 0.5) is 17.1 Å². The van der Waals surface area contributed by atoms with Gasteiger partial charge >= 0.3 is 0 Å². The molecule has 2 aromatic heterocycles. The molecule has 10 aromatic carbocycles. The van der Waals surface area contributed by atoms with Crippen LogP contribution in [0, 0.1) is 0 Å². The quantitative estimate of drug-likeness (QED) is 0.156. The summed E-state index contributed by atoms with van der Waals surface area (Å²) in [6.07, 6.45) is 0. The van der Waals surface area contributed by atoms with Crippen molar-refractivity contribution in [2.75, 3.05) is 4.90 Å². The molecule has 61 heavy (non-hydrogen) atoms. The number of rotatable bonds is 7. The molecule has 0 saturated heterocycles. The van der Waals surface area contributed by atoms with E-state index >= 15 is 0 Å². The third-order valence-corrected chi connectivity index (χ3v) is 13.4. The molecule has 0 unspecified atom stereocenters. The van der Waals surface area contributed by atoms with Crippen molar-refractivity contribution in [1.82, 2.24) is 4.57 Å². The Morgan fingerprint density at radius 1 is 0.344 bits per heavy atom. The summed E-state index contributed by atoms with van der Waals surface area (Å²) in [7, 11) is 0. The van der Waals surface area contributed by atoms with Crippen molar-refractivity contribution in [3.8, 4) is 39.1 Å². The smallest absolute Gasteiger partial charge is 0.0640 e. The maximum absolute atomic E-state index is 2.47. The van der Waals surface area contributed by atoms with Crippen LogP contribution in [-0.2, 0) is 0 Å². The monoisotopic (exact) mass is 794 g/mol. The van der Waals surface area contributed by atoms with Gasteiger partial charge in [-0.3, -0.25) is 0 Å². The van der Waals surface area contributed by atoms with Gasteiger partial charge in [-0.15, -0.1) is 11.3 Å². The van der Waals surface area contributed by atoms with Crippen LogP contribution in [0.25, 0.3) is 91.8 Å². The maximum Gasteiger partial charge on any atom is 0.0640 e. The number of hydrogen-bond acceptors (Lipinski definition) is 2. The second-order valence-corrected chi connectivity index (χ2v) is 16.7. The number of hydrogen-bond donors (Lipinski definition) is 0. The summed E-state index contributed by atoms with van der Waals surface area (Å²) in [5, 5.41) is 7.57. The first kappa shape index (κ1) is 35.2. The Kier molecular flexibility index (Phi) is 8.39. The number of thiophene rings is 1. The molecule has 0 atom stereocenters. The normalized spacial score (nSPS) is 11.6. The second kappa shape index (κ2) is 14.5. The Balaban J connectivity index is 0.996. The molecule has 0 aliphatic heterocycles. The van der Waals surface area contributed by atoms with Gasteiger partial charge in [-0.1, -0.05) is 176 Å². The Labute approximate surface area is 358 Å². The fourth-order valence-electron chi connectivity index (χ4n) is 9.44. The fraction of sp³-hybridized carbons (Fsp3) is 0. The topological polar surface area (TPSA) is 8.17 Å². The van der Waals surface area contributed by atoms with E-state index in [0.717, 1.165) is 11.4 Å². The standard InChI is InChI=1S/C58H38N2S/c1-2-20-44-40(16-1)17-14-26-46(44)47-22-4-9-29-53(47)59(56-32-15-27-51-50-25-7-12-33-57(50)61-58(51)56)43-36-34-39(35-37-43)41-18-13-19-42(38-41)45-21-3-8-28-52(45)60-54-30-10-5-23-48(54)49-24-6-11-31-55(49)60/h1-38H. The average Bonchev–Trinajstić information content (AvgIpc) is 3.88. The van der Waals surface area contributed by atoms with Crippen molar-refractivity contribution in [2.45, 2.75) is 0 Å². The van der Waals surface area contributed by atoms with Crippen molar-refractivity contribution < 1.29 is 0 Å². The van der Waals surface area contributed by atoms with Crippen LogP contribution in [0.1, 0.15) is 0 Å². The van der Waals surface area contributed by atoms with Gasteiger partial charge in [0, 0.05) is 43.1 Å². The van der Waals surface area contributed by atoms with E-state index in [2.05, 4.69) is 240 Å². The van der Waals surface area contributed by atoms with Gasteiger partial charge in [-0.25, -0.2) is 0 Å². The van der Waals surface area contributed by atoms with Crippen molar-refractivity contribution >= 4 is 81.1 Å². The summed E-state index contributed by atoms with van der Waals surface area (Å²) in [5.74, 6) is 0. The lowest BCUT2D eigenvalue weighted by molar-refractivity contribution is 1.18. The van der Waals surface area contributed by atoms with Gasteiger partial charge in [-0.2, -0.15) is 0 Å². The molecule has 2 heterocycles. The van der Waals surface area contributed by atoms with E-state index in [0.29, 0.717) is 0 Å². The van der Waals surface area contributed by atoms with Crippen LogP contribution in [-0.4, -0.2) is 4.57 Å². The predicted octanol–water partition coefficient (Wildman–Crippen LogP) is 16.8. The molecule has 12 aromatic rings. The molecule has 0 bridgehead atoms.